The molecule has 0 unspecified atom stereocenters. The van der Waals surface area contributed by atoms with Gasteiger partial charge in [-0.1, -0.05) is 61.0 Å². The van der Waals surface area contributed by atoms with E-state index >= 15 is 0 Å². The number of benzene rings is 2. The van der Waals surface area contributed by atoms with Crippen LogP contribution in [0, 0.1) is 6.92 Å². The van der Waals surface area contributed by atoms with E-state index in [-0.39, 0.29) is 0 Å². The Hall–Kier alpha value is -1.56. The zero-order valence-corrected chi connectivity index (χ0v) is 9.33. The molecule has 0 aliphatic rings. The molecule has 0 aromatic heterocycles. The highest BCUT2D eigenvalue weighted by molar-refractivity contribution is 5.63. The van der Waals surface area contributed by atoms with Crippen molar-refractivity contribution in [2.45, 2.75) is 20.3 Å². The summed E-state index contributed by atoms with van der Waals surface area (Å²) in [7, 11) is 0. The van der Waals surface area contributed by atoms with E-state index in [9.17, 15) is 0 Å². The molecule has 0 saturated carbocycles. The molecule has 0 heteroatoms. The maximum atomic E-state index is 2.20. The Labute approximate surface area is 91.6 Å². The van der Waals surface area contributed by atoms with Crippen LogP contribution in [-0.4, -0.2) is 0 Å². The summed E-state index contributed by atoms with van der Waals surface area (Å²) in [6, 6.07) is 17.5. The Bertz CT molecular complexity index is 421. The highest BCUT2D eigenvalue weighted by atomic mass is 14.0. The van der Waals surface area contributed by atoms with E-state index in [1.807, 2.05) is 0 Å². The van der Waals surface area contributed by atoms with Crippen LogP contribution >= 0.6 is 0 Å². The standard InChI is InChI=1S/C15H16/c1-3-13-6-10-15(11-7-13)14-8-4-12(2)5-9-14/h4-11H,3H2,1-2H3. The largest absolute Gasteiger partial charge is 0.0613 e. The van der Waals surface area contributed by atoms with E-state index in [0.29, 0.717) is 0 Å². The lowest BCUT2D eigenvalue weighted by Gasteiger charge is -2.03. The normalized spacial score (nSPS) is 10.3. The summed E-state index contributed by atoms with van der Waals surface area (Å²) in [5.41, 5.74) is 5.30. The molecule has 76 valence electrons. The molecule has 0 amide bonds. The van der Waals surface area contributed by atoms with E-state index in [2.05, 4.69) is 62.4 Å². The van der Waals surface area contributed by atoms with Gasteiger partial charge in [-0.3, -0.25) is 0 Å². The van der Waals surface area contributed by atoms with Gasteiger partial charge in [-0.15, -0.1) is 0 Å². The van der Waals surface area contributed by atoms with Gasteiger partial charge in [0.2, 0.25) is 0 Å². The average molecular weight is 196 g/mol. The molecule has 2 aromatic carbocycles. The maximum absolute atomic E-state index is 2.20. The van der Waals surface area contributed by atoms with Gasteiger partial charge >= 0.3 is 0 Å². The van der Waals surface area contributed by atoms with Crippen LogP contribution < -0.4 is 0 Å². The van der Waals surface area contributed by atoms with Crippen molar-refractivity contribution in [1.29, 1.82) is 0 Å². The van der Waals surface area contributed by atoms with Crippen LogP contribution in [0.5, 0.6) is 0 Å². The minimum absolute atomic E-state index is 1.11. The molecular formula is C15H16. The lowest BCUT2D eigenvalue weighted by Crippen LogP contribution is -1.81. The van der Waals surface area contributed by atoms with Crippen LogP contribution in [0.1, 0.15) is 18.1 Å². The summed E-state index contributed by atoms with van der Waals surface area (Å²) < 4.78 is 0. The van der Waals surface area contributed by atoms with Crippen LogP contribution in [0.15, 0.2) is 48.5 Å². The zero-order valence-electron chi connectivity index (χ0n) is 9.33. The quantitative estimate of drug-likeness (QED) is 0.674. The van der Waals surface area contributed by atoms with Gasteiger partial charge in [0, 0.05) is 0 Å². The first-order valence-electron chi connectivity index (χ1n) is 5.45. The van der Waals surface area contributed by atoms with Crippen LogP contribution in [0.25, 0.3) is 11.1 Å². The van der Waals surface area contributed by atoms with Crippen molar-refractivity contribution in [3.63, 3.8) is 0 Å². The molecule has 0 bridgehead atoms. The van der Waals surface area contributed by atoms with Crippen molar-refractivity contribution in [2.75, 3.05) is 0 Å². The Morgan fingerprint density at radius 3 is 1.67 bits per heavy atom. The minimum atomic E-state index is 1.11. The molecule has 0 aliphatic carbocycles. The lowest BCUT2D eigenvalue weighted by molar-refractivity contribution is 1.14. The molecule has 15 heavy (non-hydrogen) atoms. The zero-order chi connectivity index (χ0) is 10.7. The van der Waals surface area contributed by atoms with Crippen molar-refractivity contribution in [3.8, 4) is 11.1 Å². The molecule has 0 heterocycles. The third-order valence-electron chi connectivity index (χ3n) is 2.75. The second kappa shape index (κ2) is 4.31. The first-order valence-corrected chi connectivity index (χ1v) is 5.45. The second-order valence-corrected chi connectivity index (χ2v) is 3.92. The van der Waals surface area contributed by atoms with E-state index in [1.54, 1.807) is 0 Å². The fourth-order valence-corrected chi connectivity index (χ4v) is 1.68. The highest BCUT2D eigenvalue weighted by Gasteiger charge is 1.96. The van der Waals surface area contributed by atoms with Crippen LogP contribution in [0.3, 0.4) is 0 Å². The predicted molar refractivity (Wildman–Crippen MR) is 66.0 cm³/mol. The minimum Gasteiger partial charge on any atom is -0.0613 e. The smallest absolute Gasteiger partial charge is 0.0184 e. The topological polar surface area (TPSA) is 0 Å². The molecular weight excluding hydrogens is 180 g/mol. The Kier molecular flexibility index (Phi) is 2.86. The van der Waals surface area contributed by atoms with E-state index in [4.69, 9.17) is 0 Å². The summed E-state index contributed by atoms with van der Waals surface area (Å²) in [6.45, 7) is 4.30. The monoisotopic (exact) mass is 196 g/mol. The Balaban J connectivity index is 2.33. The van der Waals surface area contributed by atoms with Crippen LogP contribution in [0.2, 0.25) is 0 Å². The Morgan fingerprint density at radius 1 is 0.733 bits per heavy atom. The first kappa shape index (κ1) is 9.97. The van der Waals surface area contributed by atoms with E-state index in [0.717, 1.165) is 6.42 Å². The molecule has 0 radical (unpaired) electrons. The van der Waals surface area contributed by atoms with Gasteiger partial charge in [0.15, 0.2) is 0 Å². The fraction of sp³-hybridized carbons (Fsp3) is 0.200. The highest BCUT2D eigenvalue weighted by Crippen LogP contribution is 2.20. The van der Waals surface area contributed by atoms with Gasteiger partial charge in [0.05, 0.1) is 0 Å². The molecule has 0 fully saturated rings. The molecule has 2 aromatic rings. The Morgan fingerprint density at radius 2 is 1.20 bits per heavy atom. The second-order valence-electron chi connectivity index (χ2n) is 3.92. The maximum Gasteiger partial charge on any atom is -0.0184 e. The fourth-order valence-electron chi connectivity index (χ4n) is 1.68. The van der Waals surface area contributed by atoms with Crippen molar-refractivity contribution in [3.05, 3.63) is 59.7 Å². The molecule has 0 saturated heterocycles. The third kappa shape index (κ3) is 2.27. The molecule has 0 aliphatic heterocycles. The van der Waals surface area contributed by atoms with E-state index in [1.165, 1.54) is 22.3 Å². The average Bonchev–Trinajstić information content (AvgIpc) is 2.30. The number of hydrogen-bond donors (Lipinski definition) is 0. The van der Waals surface area contributed by atoms with Gasteiger partial charge in [-0.05, 0) is 30.0 Å². The van der Waals surface area contributed by atoms with Gasteiger partial charge < -0.3 is 0 Å². The molecule has 2 rings (SSSR count). The summed E-state index contributed by atoms with van der Waals surface area (Å²) >= 11 is 0. The summed E-state index contributed by atoms with van der Waals surface area (Å²) in [5, 5.41) is 0. The van der Waals surface area contributed by atoms with Crippen molar-refractivity contribution < 1.29 is 0 Å². The first-order chi connectivity index (χ1) is 7.29. The van der Waals surface area contributed by atoms with Crippen molar-refractivity contribution in [1.82, 2.24) is 0 Å². The number of aryl methyl sites for hydroxylation is 2. The molecule has 0 nitrogen and oxygen atoms in total. The predicted octanol–water partition coefficient (Wildman–Crippen LogP) is 4.22. The van der Waals surface area contributed by atoms with E-state index < -0.39 is 0 Å². The lowest BCUT2D eigenvalue weighted by atomic mass is 10.0. The third-order valence-corrected chi connectivity index (χ3v) is 2.75. The van der Waals surface area contributed by atoms with Crippen LogP contribution in [-0.2, 0) is 6.42 Å². The van der Waals surface area contributed by atoms with Crippen molar-refractivity contribution >= 4 is 0 Å². The van der Waals surface area contributed by atoms with Crippen molar-refractivity contribution in [2.24, 2.45) is 0 Å². The van der Waals surface area contributed by atoms with Crippen LogP contribution in [0.4, 0.5) is 0 Å². The van der Waals surface area contributed by atoms with Gasteiger partial charge in [0.25, 0.3) is 0 Å². The summed E-state index contributed by atoms with van der Waals surface area (Å²) in [5.74, 6) is 0. The van der Waals surface area contributed by atoms with Gasteiger partial charge in [0.1, 0.15) is 0 Å². The molecule has 0 atom stereocenters. The van der Waals surface area contributed by atoms with Gasteiger partial charge in [-0.25, -0.2) is 0 Å². The SMILES string of the molecule is CCc1ccc(-c2ccc(C)cc2)cc1. The number of hydrogen-bond acceptors (Lipinski definition) is 0. The molecule has 0 N–H and O–H groups in total. The molecule has 0 spiro atoms. The summed E-state index contributed by atoms with van der Waals surface area (Å²) in [4.78, 5) is 0. The summed E-state index contributed by atoms with van der Waals surface area (Å²) in [6.07, 6.45) is 1.11. The van der Waals surface area contributed by atoms with Gasteiger partial charge in [-0.2, -0.15) is 0 Å². The number of rotatable bonds is 2.